The van der Waals surface area contributed by atoms with Crippen molar-refractivity contribution >= 4 is 29.4 Å². The quantitative estimate of drug-likeness (QED) is 0.521. The molecule has 2 N–H and O–H groups in total. The van der Waals surface area contributed by atoms with Gasteiger partial charge in [-0.1, -0.05) is 0 Å². The molecule has 0 aliphatic carbocycles. The van der Waals surface area contributed by atoms with Gasteiger partial charge in [0.25, 0.3) is 0 Å². The lowest BCUT2D eigenvalue weighted by molar-refractivity contribution is -0.137. The smallest absolute Gasteiger partial charge is 0.243 e. The van der Waals surface area contributed by atoms with Crippen molar-refractivity contribution in [2.45, 2.75) is 83.8 Å². The zero-order chi connectivity index (χ0) is 22.3. The Labute approximate surface area is 177 Å². The van der Waals surface area contributed by atoms with Gasteiger partial charge in [0.05, 0.1) is 6.04 Å². The molecule has 9 nitrogen and oxygen atoms in total. The normalized spacial score (nSPS) is 22.0. The molecule has 0 aromatic rings. The molecule has 2 aliphatic heterocycles. The molecule has 9 heteroatoms. The van der Waals surface area contributed by atoms with Crippen LogP contribution in [0.3, 0.4) is 0 Å². The maximum absolute atomic E-state index is 12.5. The number of rotatable bonds is 9. The number of carbonyl (C=O) groups is 5. The second kappa shape index (κ2) is 11.1. The number of carbonyl (C=O) groups excluding carboxylic acids is 5. The minimum Gasteiger partial charge on any atom is -0.354 e. The van der Waals surface area contributed by atoms with E-state index in [9.17, 15) is 24.0 Å². The fraction of sp³-hybridized carbons (Fsp3) is 0.762. The Morgan fingerprint density at radius 3 is 1.87 bits per heavy atom. The van der Waals surface area contributed by atoms with Crippen LogP contribution in [0, 0.1) is 0 Å². The summed E-state index contributed by atoms with van der Waals surface area (Å²) in [7, 11) is 0. The number of amides is 4. The third-order valence-electron chi connectivity index (χ3n) is 5.95. The van der Waals surface area contributed by atoms with Crippen LogP contribution < -0.4 is 10.6 Å². The first kappa shape index (κ1) is 23.8. The first-order valence-electron chi connectivity index (χ1n) is 10.8. The number of nitrogens with one attached hydrogen (secondary N) is 2. The van der Waals surface area contributed by atoms with Crippen LogP contribution in [0.15, 0.2) is 0 Å². The Morgan fingerprint density at radius 1 is 0.833 bits per heavy atom. The predicted octanol–water partition coefficient (Wildman–Crippen LogP) is 0.369. The van der Waals surface area contributed by atoms with Crippen molar-refractivity contribution in [3.63, 3.8) is 0 Å². The van der Waals surface area contributed by atoms with Gasteiger partial charge in [0.1, 0.15) is 12.1 Å². The van der Waals surface area contributed by atoms with Gasteiger partial charge >= 0.3 is 0 Å². The fourth-order valence-corrected chi connectivity index (χ4v) is 4.28. The van der Waals surface area contributed by atoms with Crippen molar-refractivity contribution in [3.05, 3.63) is 0 Å². The van der Waals surface area contributed by atoms with Crippen molar-refractivity contribution in [1.29, 1.82) is 0 Å². The number of hydrogen-bond acceptors (Lipinski definition) is 5. The van der Waals surface area contributed by atoms with Gasteiger partial charge in [-0.05, 0) is 51.9 Å². The van der Waals surface area contributed by atoms with E-state index in [1.807, 2.05) is 0 Å². The van der Waals surface area contributed by atoms with Crippen molar-refractivity contribution in [3.8, 4) is 0 Å². The molecule has 0 bridgehead atoms. The highest BCUT2D eigenvalue weighted by Gasteiger charge is 2.34. The van der Waals surface area contributed by atoms with E-state index in [1.165, 1.54) is 20.8 Å². The van der Waals surface area contributed by atoms with Gasteiger partial charge in [-0.3, -0.25) is 24.0 Å². The Kier molecular flexibility index (Phi) is 8.80. The summed E-state index contributed by atoms with van der Waals surface area (Å²) in [4.78, 5) is 63.2. The number of unbranched alkanes of at least 4 members (excludes halogenated alkanes) is 1. The van der Waals surface area contributed by atoms with Crippen LogP contribution in [0.1, 0.15) is 65.7 Å². The van der Waals surface area contributed by atoms with Gasteiger partial charge in [0.2, 0.25) is 23.6 Å². The second-order valence-corrected chi connectivity index (χ2v) is 8.20. The van der Waals surface area contributed by atoms with Crippen molar-refractivity contribution in [2.75, 3.05) is 19.6 Å². The summed E-state index contributed by atoms with van der Waals surface area (Å²) in [5.74, 6) is -0.749. The predicted molar refractivity (Wildman–Crippen MR) is 110 cm³/mol. The van der Waals surface area contributed by atoms with E-state index in [0.29, 0.717) is 51.7 Å². The summed E-state index contributed by atoms with van der Waals surface area (Å²) >= 11 is 0. The standard InChI is InChI=1S/C21H34N4O5/c1-14(26)17(23-21(30)19-10-7-13-25(19)16(3)28)8-4-5-11-22-20(29)18-9-6-12-24(18)15(2)27/h17-19H,4-13H2,1-3H3,(H,22,29)(H,23,30). The van der Waals surface area contributed by atoms with Gasteiger partial charge in [0.15, 0.2) is 5.78 Å². The molecule has 4 amide bonds. The zero-order valence-electron chi connectivity index (χ0n) is 18.2. The van der Waals surface area contributed by atoms with Crippen LogP contribution in [-0.2, 0) is 24.0 Å². The molecule has 2 fully saturated rings. The highest BCUT2D eigenvalue weighted by Crippen LogP contribution is 2.18. The molecule has 2 aliphatic rings. The average molecular weight is 423 g/mol. The molecule has 2 rings (SSSR count). The largest absolute Gasteiger partial charge is 0.354 e. The third kappa shape index (κ3) is 6.27. The summed E-state index contributed by atoms with van der Waals surface area (Å²) in [5.41, 5.74) is 0. The molecule has 0 aromatic carbocycles. The lowest BCUT2D eigenvalue weighted by atomic mass is 10.0. The SMILES string of the molecule is CC(=O)C(CCCCNC(=O)C1CCCN1C(C)=O)NC(=O)C1CCCN1C(C)=O. The number of hydrogen-bond donors (Lipinski definition) is 2. The number of Topliss-reactive ketones (excluding diaryl/α,β-unsaturated/α-hetero) is 1. The number of ketones is 1. The minimum atomic E-state index is -0.592. The van der Waals surface area contributed by atoms with Gasteiger partial charge in [-0.2, -0.15) is 0 Å². The van der Waals surface area contributed by atoms with Crippen molar-refractivity contribution in [1.82, 2.24) is 20.4 Å². The first-order valence-corrected chi connectivity index (χ1v) is 10.8. The van der Waals surface area contributed by atoms with Crippen LogP contribution in [0.2, 0.25) is 0 Å². The summed E-state index contributed by atoms with van der Waals surface area (Å²) in [6.07, 6.45) is 4.72. The summed E-state index contributed by atoms with van der Waals surface area (Å²) < 4.78 is 0. The maximum atomic E-state index is 12.5. The second-order valence-electron chi connectivity index (χ2n) is 8.20. The highest BCUT2D eigenvalue weighted by atomic mass is 16.2. The number of nitrogens with zero attached hydrogens (tertiary/aromatic N) is 2. The van der Waals surface area contributed by atoms with Crippen molar-refractivity contribution in [2.24, 2.45) is 0 Å². The summed E-state index contributed by atoms with van der Waals surface area (Å²) in [6.45, 7) is 6.02. The van der Waals surface area contributed by atoms with E-state index in [4.69, 9.17) is 0 Å². The summed E-state index contributed by atoms with van der Waals surface area (Å²) in [5, 5.41) is 5.66. The Balaban J connectivity index is 1.73. The highest BCUT2D eigenvalue weighted by molar-refractivity contribution is 5.92. The fourth-order valence-electron chi connectivity index (χ4n) is 4.28. The molecule has 0 saturated carbocycles. The lowest BCUT2D eigenvalue weighted by Gasteiger charge is -2.25. The maximum Gasteiger partial charge on any atom is 0.243 e. The topological polar surface area (TPSA) is 116 Å². The molecule has 3 unspecified atom stereocenters. The molecular formula is C21H34N4O5. The van der Waals surface area contributed by atoms with E-state index < -0.39 is 12.1 Å². The number of likely N-dealkylation sites (tertiary alicyclic amines) is 2. The Bertz CT molecular complexity index is 680. The molecule has 2 saturated heterocycles. The third-order valence-corrected chi connectivity index (χ3v) is 5.95. The van der Waals surface area contributed by atoms with Gasteiger partial charge < -0.3 is 20.4 Å². The molecule has 0 radical (unpaired) electrons. The summed E-state index contributed by atoms with van der Waals surface area (Å²) in [6, 6.07) is -1.48. The molecule has 3 atom stereocenters. The monoisotopic (exact) mass is 422 g/mol. The Morgan fingerprint density at radius 2 is 1.37 bits per heavy atom. The van der Waals surface area contributed by atoms with Crippen LogP contribution in [0.25, 0.3) is 0 Å². The van der Waals surface area contributed by atoms with Crippen LogP contribution in [0.5, 0.6) is 0 Å². The van der Waals surface area contributed by atoms with E-state index in [0.717, 1.165) is 12.8 Å². The van der Waals surface area contributed by atoms with Gasteiger partial charge in [0, 0.05) is 33.5 Å². The zero-order valence-corrected chi connectivity index (χ0v) is 18.2. The molecule has 0 aromatic heterocycles. The van der Waals surface area contributed by atoms with E-state index in [2.05, 4.69) is 10.6 Å². The van der Waals surface area contributed by atoms with E-state index in [-0.39, 0.29) is 35.5 Å². The minimum absolute atomic E-state index is 0.0849. The Hall–Kier alpha value is -2.45. The molecule has 168 valence electrons. The molecule has 30 heavy (non-hydrogen) atoms. The van der Waals surface area contributed by atoms with E-state index in [1.54, 1.807) is 9.80 Å². The van der Waals surface area contributed by atoms with Crippen LogP contribution >= 0.6 is 0 Å². The van der Waals surface area contributed by atoms with Gasteiger partial charge in [-0.15, -0.1) is 0 Å². The first-order chi connectivity index (χ1) is 14.2. The molecule has 0 spiro atoms. The molecule has 2 heterocycles. The van der Waals surface area contributed by atoms with Crippen LogP contribution in [0.4, 0.5) is 0 Å². The van der Waals surface area contributed by atoms with E-state index >= 15 is 0 Å². The lowest BCUT2D eigenvalue weighted by Crippen LogP contribution is -2.50. The van der Waals surface area contributed by atoms with Gasteiger partial charge in [-0.25, -0.2) is 0 Å². The van der Waals surface area contributed by atoms with Crippen LogP contribution in [-0.4, -0.2) is 77.0 Å². The molecular weight excluding hydrogens is 388 g/mol. The average Bonchev–Trinajstić information content (AvgIpc) is 3.35. The van der Waals surface area contributed by atoms with Crippen molar-refractivity contribution < 1.29 is 24.0 Å².